The number of rotatable bonds is 4. The molecule has 1 saturated heterocycles. The third kappa shape index (κ3) is 6.54. The van der Waals surface area contributed by atoms with E-state index in [2.05, 4.69) is 15.4 Å². The van der Waals surface area contributed by atoms with Gasteiger partial charge in [0.2, 0.25) is 11.7 Å². The number of fused-ring (bicyclic) bond motifs is 3. The topological polar surface area (TPSA) is 129 Å². The lowest BCUT2D eigenvalue weighted by Crippen LogP contribution is -2.55. The van der Waals surface area contributed by atoms with Gasteiger partial charge in [0.25, 0.3) is 5.56 Å². The van der Waals surface area contributed by atoms with Crippen LogP contribution in [0.4, 0.5) is 23.7 Å². The SMILES string of the molecule is C[C@@H]1CC2(CCN1C(=O)OC(C)(C)C)OCCc1c2c(=O)n2nc(C3=CCOCC3)nc2n1CC(=O)Nc1ccc(C(F)(F)F)cc1Cl. The summed E-state index contributed by atoms with van der Waals surface area (Å²) in [6.45, 7) is 8.21. The lowest BCUT2D eigenvalue weighted by molar-refractivity contribution is -0.137. The predicted molar refractivity (Wildman–Crippen MR) is 169 cm³/mol. The molecule has 1 spiro atoms. The van der Waals surface area contributed by atoms with E-state index in [4.69, 9.17) is 25.8 Å². The molecule has 0 radical (unpaired) electrons. The molecule has 2 aromatic heterocycles. The van der Waals surface area contributed by atoms with Crippen molar-refractivity contribution in [3.63, 3.8) is 0 Å². The van der Waals surface area contributed by atoms with E-state index in [0.29, 0.717) is 43.1 Å². The van der Waals surface area contributed by atoms with Crippen molar-refractivity contribution in [2.45, 2.75) is 83.3 Å². The number of piperidine rings is 1. The number of aromatic nitrogens is 4. The smallest absolute Gasteiger partial charge is 0.416 e. The van der Waals surface area contributed by atoms with Crippen LogP contribution in [-0.4, -0.2) is 74.1 Å². The van der Waals surface area contributed by atoms with Gasteiger partial charge in [-0.2, -0.15) is 22.7 Å². The second-order valence-electron chi connectivity index (χ2n) is 13.2. The van der Waals surface area contributed by atoms with Gasteiger partial charge in [0.15, 0.2) is 5.82 Å². The number of nitrogens with zero attached hydrogens (tertiary/aromatic N) is 5. The number of hydrogen-bond acceptors (Lipinski definition) is 8. The summed E-state index contributed by atoms with van der Waals surface area (Å²) in [6, 6.07) is 2.32. The Kier molecular flexibility index (Phi) is 8.83. The van der Waals surface area contributed by atoms with Crippen molar-refractivity contribution in [1.29, 1.82) is 0 Å². The molecule has 0 aliphatic carbocycles. The van der Waals surface area contributed by atoms with Crippen LogP contribution in [0.5, 0.6) is 0 Å². The zero-order chi connectivity index (χ0) is 34.6. The van der Waals surface area contributed by atoms with Gasteiger partial charge in [-0.05, 0) is 64.3 Å². The van der Waals surface area contributed by atoms with Crippen molar-refractivity contribution in [1.82, 2.24) is 24.1 Å². The lowest BCUT2D eigenvalue weighted by Gasteiger charge is -2.47. The third-order valence-electron chi connectivity index (χ3n) is 8.69. The summed E-state index contributed by atoms with van der Waals surface area (Å²) in [5.74, 6) is -0.153. The molecular formula is C32H36ClF3N6O6. The van der Waals surface area contributed by atoms with Crippen LogP contribution in [0.25, 0.3) is 11.4 Å². The summed E-state index contributed by atoms with van der Waals surface area (Å²) in [6.07, 6.45) is -1.83. The Balaban J connectivity index is 1.40. The van der Waals surface area contributed by atoms with Crippen LogP contribution >= 0.6 is 11.6 Å². The molecule has 12 nitrogen and oxygen atoms in total. The Morgan fingerprint density at radius 2 is 1.96 bits per heavy atom. The molecule has 2 atom stereocenters. The number of halogens is 4. The Morgan fingerprint density at radius 3 is 2.60 bits per heavy atom. The van der Waals surface area contributed by atoms with Gasteiger partial charge in [-0.1, -0.05) is 17.7 Å². The molecule has 258 valence electrons. The molecule has 0 bridgehead atoms. The highest BCUT2D eigenvalue weighted by atomic mass is 35.5. The Morgan fingerprint density at radius 1 is 1.19 bits per heavy atom. The van der Waals surface area contributed by atoms with Crippen LogP contribution in [0.3, 0.4) is 0 Å². The van der Waals surface area contributed by atoms with Gasteiger partial charge < -0.3 is 29.0 Å². The average molecular weight is 693 g/mol. The zero-order valence-electron chi connectivity index (χ0n) is 26.9. The van der Waals surface area contributed by atoms with Crippen molar-refractivity contribution in [2.75, 3.05) is 31.7 Å². The van der Waals surface area contributed by atoms with E-state index in [1.807, 2.05) is 13.0 Å². The maximum Gasteiger partial charge on any atom is 0.416 e. The van der Waals surface area contributed by atoms with Gasteiger partial charge in [-0.15, -0.1) is 5.10 Å². The fraction of sp³-hybridized carbons (Fsp3) is 0.531. The summed E-state index contributed by atoms with van der Waals surface area (Å²) in [5.41, 5.74) is -1.51. The number of ether oxygens (including phenoxy) is 3. The van der Waals surface area contributed by atoms with Crippen molar-refractivity contribution in [2.24, 2.45) is 0 Å². The zero-order valence-corrected chi connectivity index (χ0v) is 27.7. The molecule has 1 aromatic carbocycles. The summed E-state index contributed by atoms with van der Waals surface area (Å²) in [5, 5.41) is 6.89. The highest BCUT2D eigenvalue weighted by molar-refractivity contribution is 6.33. The minimum atomic E-state index is -4.60. The van der Waals surface area contributed by atoms with Gasteiger partial charge in [-0.25, -0.2) is 4.79 Å². The Bertz CT molecular complexity index is 1870. The monoisotopic (exact) mass is 692 g/mol. The van der Waals surface area contributed by atoms with Gasteiger partial charge >= 0.3 is 12.3 Å². The van der Waals surface area contributed by atoms with E-state index < -0.39 is 40.5 Å². The van der Waals surface area contributed by atoms with E-state index in [0.717, 1.165) is 23.8 Å². The molecule has 3 aliphatic rings. The maximum atomic E-state index is 14.3. The fourth-order valence-corrected chi connectivity index (χ4v) is 6.78. The highest BCUT2D eigenvalue weighted by Crippen LogP contribution is 2.43. The molecule has 48 heavy (non-hydrogen) atoms. The van der Waals surface area contributed by atoms with Crippen LogP contribution < -0.4 is 10.9 Å². The molecule has 6 rings (SSSR count). The standard InChI is InChI=1S/C32H36ClF3N6O6/c1-18-16-31(10-11-40(18)29(45)48-30(2,3)4)25-23(9-14-47-31)41(17-24(43)37-22-6-5-20(15-21(22)33)32(34,35)36)28-38-26(39-42(28)27(25)44)19-7-12-46-13-8-19/h5-7,15,18H,8-14,16-17H2,1-4H3,(H,37,43)/t18-,31?/m1/s1. The quantitative estimate of drug-likeness (QED) is 0.396. The van der Waals surface area contributed by atoms with Crippen LogP contribution in [0, 0.1) is 0 Å². The number of carbonyl (C=O) groups is 2. The first-order chi connectivity index (χ1) is 22.6. The number of carbonyl (C=O) groups excluding carboxylic acids is 2. The van der Waals surface area contributed by atoms with Gasteiger partial charge in [0.1, 0.15) is 17.7 Å². The second kappa shape index (κ2) is 12.5. The van der Waals surface area contributed by atoms with Crippen molar-refractivity contribution in [3.8, 4) is 0 Å². The molecular weight excluding hydrogens is 657 g/mol. The number of anilines is 1. The largest absolute Gasteiger partial charge is 0.444 e. The summed E-state index contributed by atoms with van der Waals surface area (Å²) < 4.78 is 59.8. The summed E-state index contributed by atoms with van der Waals surface area (Å²) in [4.78, 5) is 47.2. The van der Waals surface area contributed by atoms with E-state index >= 15 is 0 Å². The molecule has 1 fully saturated rings. The Hall–Kier alpha value is -3.95. The predicted octanol–water partition coefficient (Wildman–Crippen LogP) is 5.19. The van der Waals surface area contributed by atoms with Crippen LogP contribution in [0.15, 0.2) is 29.1 Å². The number of alkyl halides is 3. The number of amides is 2. The van der Waals surface area contributed by atoms with Gasteiger partial charge in [-0.3, -0.25) is 9.59 Å². The number of benzene rings is 1. The second-order valence-corrected chi connectivity index (χ2v) is 13.6. The molecule has 5 heterocycles. The lowest BCUT2D eigenvalue weighted by atomic mass is 9.79. The number of nitrogens with one attached hydrogen (secondary N) is 1. The maximum absolute atomic E-state index is 14.3. The molecule has 16 heteroatoms. The molecule has 1 N–H and O–H groups in total. The number of likely N-dealkylation sites (tertiary alicyclic amines) is 1. The number of hydrogen-bond donors (Lipinski definition) is 1. The van der Waals surface area contributed by atoms with Crippen LogP contribution in [-0.2, 0) is 43.7 Å². The van der Waals surface area contributed by atoms with E-state index in [1.54, 1.807) is 30.2 Å². The molecule has 0 saturated carbocycles. The molecule has 1 unspecified atom stereocenters. The summed E-state index contributed by atoms with van der Waals surface area (Å²) in [7, 11) is 0. The molecule has 3 aliphatic heterocycles. The fourth-order valence-electron chi connectivity index (χ4n) is 6.55. The third-order valence-corrected chi connectivity index (χ3v) is 9.00. The van der Waals surface area contributed by atoms with Crippen LogP contribution in [0.1, 0.15) is 69.6 Å². The van der Waals surface area contributed by atoms with E-state index in [-0.39, 0.29) is 55.1 Å². The van der Waals surface area contributed by atoms with Crippen molar-refractivity contribution < 1.29 is 37.0 Å². The molecule has 3 aromatic rings. The molecule has 2 amide bonds. The minimum absolute atomic E-state index is 0.00161. The van der Waals surface area contributed by atoms with Gasteiger partial charge in [0, 0.05) is 31.1 Å². The average Bonchev–Trinajstić information content (AvgIpc) is 3.45. The first-order valence-electron chi connectivity index (χ1n) is 15.7. The van der Waals surface area contributed by atoms with Gasteiger partial charge in [0.05, 0.1) is 41.7 Å². The highest BCUT2D eigenvalue weighted by Gasteiger charge is 2.48. The van der Waals surface area contributed by atoms with Crippen molar-refractivity contribution >= 4 is 40.6 Å². The van der Waals surface area contributed by atoms with Crippen LogP contribution in [0.2, 0.25) is 5.02 Å². The summed E-state index contributed by atoms with van der Waals surface area (Å²) >= 11 is 6.12. The normalized spacial score (nSPS) is 21.6. The van der Waals surface area contributed by atoms with Crippen molar-refractivity contribution in [3.05, 3.63) is 62.3 Å². The van der Waals surface area contributed by atoms with E-state index in [1.165, 1.54) is 4.52 Å². The first-order valence-corrected chi connectivity index (χ1v) is 16.0. The Labute approximate surface area is 278 Å². The first kappa shape index (κ1) is 33.9. The van der Waals surface area contributed by atoms with E-state index in [9.17, 15) is 27.6 Å². The minimum Gasteiger partial charge on any atom is -0.444 e.